The van der Waals surface area contributed by atoms with E-state index in [1.165, 1.54) is 0 Å². The summed E-state index contributed by atoms with van der Waals surface area (Å²) < 4.78 is 4.46. The van der Waals surface area contributed by atoms with Crippen molar-refractivity contribution < 1.29 is 9.42 Å². The molecule has 0 unspecified atom stereocenters. The van der Waals surface area contributed by atoms with Crippen LogP contribution in [0.2, 0.25) is 0 Å². The fourth-order valence-electron chi connectivity index (χ4n) is 1.73. The van der Waals surface area contributed by atoms with Crippen LogP contribution in [-0.4, -0.2) is 21.4 Å². The van der Waals surface area contributed by atoms with Gasteiger partial charge in [-0.25, -0.2) is 9.53 Å². The van der Waals surface area contributed by atoms with Crippen LogP contribution in [0.4, 0.5) is 11.6 Å². The zero-order valence-corrected chi connectivity index (χ0v) is 10.9. The van der Waals surface area contributed by atoms with Gasteiger partial charge in [0, 0.05) is 0 Å². The maximum atomic E-state index is 12.3. The summed E-state index contributed by atoms with van der Waals surface area (Å²) in [7, 11) is 0. The van der Waals surface area contributed by atoms with Gasteiger partial charge in [0.1, 0.15) is 0 Å². The van der Waals surface area contributed by atoms with Crippen molar-refractivity contribution >= 4 is 40.5 Å². The molecule has 20 heavy (non-hydrogen) atoms. The lowest BCUT2D eigenvalue weighted by Crippen LogP contribution is -2.29. The van der Waals surface area contributed by atoms with Crippen molar-refractivity contribution in [2.75, 3.05) is 10.6 Å². The third kappa shape index (κ3) is 2.05. The van der Waals surface area contributed by atoms with E-state index in [1.54, 1.807) is 6.08 Å². The van der Waals surface area contributed by atoms with E-state index in [1.807, 2.05) is 30.3 Å². The third-order valence-corrected chi connectivity index (χ3v) is 3.52. The van der Waals surface area contributed by atoms with Gasteiger partial charge in [-0.15, -0.1) is 0 Å². The maximum absolute atomic E-state index is 12.3. The lowest BCUT2D eigenvalue weighted by Gasteiger charge is -2.08. The Morgan fingerprint density at radius 1 is 1.30 bits per heavy atom. The van der Waals surface area contributed by atoms with Gasteiger partial charge < -0.3 is 5.73 Å². The van der Waals surface area contributed by atoms with E-state index in [0.29, 0.717) is 4.91 Å². The molecule has 0 radical (unpaired) electrons. The van der Waals surface area contributed by atoms with Crippen molar-refractivity contribution in [1.29, 1.82) is 5.41 Å². The molecule has 0 saturated carbocycles. The predicted molar refractivity (Wildman–Crippen MR) is 75.9 cm³/mol. The molecule has 0 aliphatic carbocycles. The SMILES string of the molecule is N=C1S/C(=C/c2ccccc2)C(=O)N1c1nonc1N. The number of hydrogen-bond acceptors (Lipinski definition) is 7. The largest absolute Gasteiger partial charge is 0.378 e. The first-order chi connectivity index (χ1) is 9.66. The standard InChI is InChI=1S/C12H9N5O2S/c13-9-10(16-19-15-9)17-11(18)8(20-12(17)14)6-7-4-2-1-3-5-7/h1-6,14H,(H2,13,15)/b8-6+,14-12?. The molecule has 2 heterocycles. The fraction of sp³-hybridized carbons (Fsp3) is 0. The quantitative estimate of drug-likeness (QED) is 0.814. The summed E-state index contributed by atoms with van der Waals surface area (Å²) in [5.41, 5.74) is 6.44. The number of hydrogen-bond donors (Lipinski definition) is 2. The number of amides is 1. The van der Waals surface area contributed by atoms with E-state index < -0.39 is 0 Å². The first-order valence-corrected chi connectivity index (χ1v) is 6.44. The van der Waals surface area contributed by atoms with E-state index in [4.69, 9.17) is 11.1 Å². The molecular weight excluding hydrogens is 278 g/mol. The summed E-state index contributed by atoms with van der Waals surface area (Å²) >= 11 is 1.04. The highest BCUT2D eigenvalue weighted by molar-refractivity contribution is 8.19. The molecule has 7 nitrogen and oxygen atoms in total. The average Bonchev–Trinajstić information content (AvgIpc) is 2.96. The Balaban J connectivity index is 1.95. The van der Waals surface area contributed by atoms with Gasteiger partial charge in [-0.2, -0.15) is 0 Å². The van der Waals surface area contributed by atoms with Crippen molar-refractivity contribution in [2.24, 2.45) is 0 Å². The van der Waals surface area contributed by atoms with E-state index in [-0.39, 0.29) is 22.7 Å². The Hall–Kier alpha value is -2.61. The number of nitrogen functional groups attached to an aromatic ring is 1. The molecule has 8 heteroatoms. The van der Waals surface area contributed by atoms with Crippen LogP contribution < -0.4 is 10.6 Å². The summed E-state index contributed by atoms with van der Waals surface area (Å²) in [5.74, 6) is -0.347. The van der Waals surface area contributed by atoms with E-state index in [9.17, 15) is 4.79 Å². The molecule has 100 valence electrons. The normalized spacial score (nSPS) is 17.2. The number of benzene rings is 1. The van der Waals surface area contributed by atoms with Gasteiger partial charge >= 0.3 is 0 Å². The average molecular weight is 287 g/mol. The Labute approximate surface area is 117 Å². The molecule has 1 aromatic carbocycles. The highest BCUT2D eigenvalue weighted by Crippen LogP contribution is 2.35. The molecule has 1 aliphatic rings. The highest BCUT2D eigenvalue weighted by atomic mass is 32.2. The van der Waals surface area contributed by atoms with Crippen molar-refractivity contribution in [3.8, 4) is 0 Å². The van der Waals surface area contributed by atoms with Crippen LogP contribution in [0, 0.1) is 5.41 Å². The van der Waals surface area contributed by atoms with E-state index >= 15 is 0 Å². The summed E-state index contributed by atoms with van der Waals surface area (Å²) in [5, 5.41) is 14.8. The Morgan fingerprint density at radius 2 is 2.05 bits per heavy atom. The number of amidine groups is 1. The zero-order chi connectivity index (χ0) is 14.1. The first kappa shape index (κ1) is 12.4. The van der Waals surface area contributed by atoms with Crippen LogP contribution in [0.1, 0.15) is 5.56 Å². The Morgan fingerprint density at radius 3 is 2.70 bits per heavy atom. The molecule has 0 bridgehead atoms. The van der Waals surface area contributed by atoms with E-state index in [2.05, 4.69) is 14.9 Å². The Kier molecular flexibility index (Phi) is 2.99. The summed E-state index contributed by atoms with van der Waals surface area (Å²) in [6.07, 6.45) is 1.71. The molecule has 2 aromatic rings. The van der Waals surface area contributed by atoms with Crippen molar-refractivity contribution in [1.82, 2.24) is 10.3 Å². The van der Waals surface area contributed by atoms with E-state index in [0.717, 1.165) is 22.2 Å². The number of carbonyl (C=O) groups excluding carboxylic acids is 1. The van der Waals surface area contributed by atoms with Gasteiger partial charge in [-0.05, 0) is 33.7 Å². The van der Waals surface area contributed by atoms with Gasteiger partial charge in [-0.3, -0.25) is 10.2 Å². The van der Waals surface area contributed by atoms with Crippen LogP contribution in [0.5, 0.6) is 0 Å². The van der Waals surface area contributed by atoms with Crippen LogP contribution in [0.3, 0.4) is 0 Å². The topological polar surface area (TPSA) is 109 Å². The van der Waals surface area contributed by atoms with Gasteiger partial charge in [-0.1, -0.05) is 30.3 Å². The first-order valence-electron chi connectivity index (χ1n) is 5.62. The van der Waals surface area contributed by atoms with Crippen molar-refractivity contribution in [3.05, 3.63) is 40.8 Å². The minimum Gasteiger partial charge on any atom is -0.378 e. The molecular formula is C12H9N5O2S. The molecule has 1 fully saturated rings. The van der Waals surface area contributed by atoms with Crippen molar-refractivity contribution in [3.63, 3.8) is 0 Å². The zero-order valence-electron chi connectivity index (χ0n) is 10.1. The highest BCUT2D eigenvalue weighted by Gasteiger charge is 2.37. The third-order valence-electron chi connectivity index (χ3n) is 2.63. The second kappa shape index (κ2) is 4.82. The minimum absolute atomic E-state index is 0.0135. The predicted octanol–water partition coefficient (Wildman–Crippen LogP) is 1.71. The number of carbonyl (C=O) groups is 1. The molecule has 0 spiro atoms. The smallest absolute Gasteiger partial charge is 0.272 e. The molecule has 1 amide bonds. The summed E-state index contributed by atoms with van der Waals surface area (Å²) in [6.45, 7) is 0. The van der Waals surface area contributed by atoms with Crippen LogP contribution >= 0.6 is 11.8 Å². The second-order valence-corrected chi connectivity index (χ2v) is 4.97. The maximum Gasteiger partial charge on any atom is 0.272 e. The lowest BCUT2D eigenvalue weighted by molar-refractivity contribution is -0.113. The number of nitrogens with two attached hydrogens (primary N) is 1. The molecule has 1 aliphatic heterocycles. The molecule has 1 aromatic heterocycles. The summed E-state index contributed by atoms with van der Waals surface area (Å²) in [6, 6.07) is 9.39. The fourth-order valence-corrected chi connectivity index (χ4v) is 2.57. The number of aromatic nitrogens is 2. The molecule has 3 rings (SSSR count). The van der Waals surface area contributed by atoms with Gasteiger partial charge in [0.25, 0.3) is 5.91 Å². The molecule has 0 atom stereocenters. The van der Waals surface area contributed by atoms with Crippen molar-refractivity contribution in [2.45, 2.75) is 0 Å². The van der Waals surface area contributed by atoms with Crippen LogP contribution in [-0.2, 0) is 4.79 Å². The van der Waals surface area contributed by atoms with Gasteiger partial charge in [0.15, 0.2) is 5.17 Å². The minimum atomic E-state index is -0.369. The number of anilines is 2. The monoisotopic (exact) mass is 287 g/mol. The van der Waals surface area contributed by atoms with Crippen LogP contribution in [0.25, 0.3) is 6.08 Å². The lowest BCUT2D eigenvalue weighted by atomic mass is 10.2. The number of nitrogens with zero attached hydrogens (tertiary/aromatic N) is 3. The van der Waals surface area contributed by atoms with Gasteiger partial charge in [0.05, 0.1) is 4.91 Å². The van der Waals surface area contributed by atoms with Gasteiger partial charge in [0.2, 0.25) is 11.6 Å². The molecule has 3 N–H and O–H groups in total. The number of nitrogens with one attached hydrogen (secondary N) is 1. The number of thioether (sulfide) groups is 1. The second-order valence-electron chi connectivity index (χ2n) is 3.94. The van der Waals surface area contributed by atoms with Crippen LogP contribution in [0.15, 0.2) is 39.9 Å². The Bertz CT molecular complexity index is 710. The summed E-state index contributed by atoms with van der Waals surface area (Å²) in [4.78, 5) is 13.8. The number of rotatable bonds is 2. The molecule has 1 saturated heterocycles.